The van der Waals surface area contributed by atoms with Gasteiger partial charge in [-0.25, -0.2) is 0 Å². The second-order valence-electron chi connectivity index (χ2n) is 3.66. The van der Waals surface area contributed by atoms with Crippen molar-refractivity contribution in [1.82, 2.24) is 5.32 Å². The molecule has 84 valence electrons. The number of nitrogen functional groups attached to an aromatic ring is 1. The minimum Gasteiger partial charge on any atom is -0.451 e. The Morgan fingerprint density at radius 1 is 1.44 bits per heavy atom. The first-order valence-corrected chi connectivity index (χ1v) is 5.28. The summed E-state index contributed by atoms with van der Waals surface area (Å²) in [6, 6.07) is 7.01. The molecule has 0 radical (unpaired) electrons. The molecular weight excluding hydrogens is 204 g/mol. The molecule has 0 saturated heterocycles. The highest BCUT2D eigenvalue weighted by Gasteiger charge is 2.11. The average Bonchev–Trinajstić information content (AvgIpc) is 2.68. The van der Waals surface area contributed by atoms with Crippen LogP contribution < -0.4 is 11.1 Å². The summed E-state index contributed by atoms with van der Waals surface area (Å²) in [5.41, 5.74) is 6.98. The fourth-order valence-electron chi connectivity index (χ4n) is 1.50. The zero-order chi connectivity index (χ0) is 11.5. The molecule has 1 amide bonds. The smallest absolute Gasteiger partial charge is 0.287 e. The maximum Gasteiger partial charge on any atom is 0.287 e. The van der Waals surface area contributed by atoms with Crippen LogP contribution in [0.25, 0.3) is 11.0 Å². The van der Waals surface area contributed by atoms with Crippen LogP contribution in [-0.4, -0.2) is 12.5 Å². The summed E-state index contributed by atoms with van der Waals surface area (Å²) in [6.45, 7) is 2.65. The number of anilines is 1. The number of carbonyl (C=O) groups excluding carboxylic acids is 1. The standard InChI is InChI=1S/C12H14N2O2/c1-2-5-14-12(15)11-7-8-6-9(13)3-4-10(8)16-11/h3-4,6-7H,2,5,13H2,1H3,(H,14,15). The van der Waals surface area contributed by atoms with Crippen molar-refractivity contribution in [2.75, 3.05) is 12.3 Å². The molecule has 0 aliphatic rings. The summed E-state index contributed by atoms with van der Waals surface area (Å²) in [6.07, 6.45) is 0.902. The number of hydrogen-bond acceptors (Lipinski definition) is 3. The third kappa shape index (κ3) is 2.00. The molecule has 0 atom stereocenters. The average molecular weight is 218 g/mol. The molecule has 0 saturated carbocycles. The Morgan fingerprint density at radius 3 is 3.00 bits per heavy atom. The summed E-state index contributed by atoms with van der Waals surface area (Å²) >= 11 is 0. The van der Waals surface area contributed by atoms with Crippen molar-refractivity contribution in [3.63, 3.8) is 0 Å². The first kappa shape index (κ1) is 10.5. The van der Waals surface area contributed by atoms with Crippen LogP contribution in [0.2, 0.25) is 0 Å². The molecule has 16 heavy (non-hydrogen) atoms. The molecule has 2 aromatic rings. The van der Waals surface area contributed by atoms with Crippen LogP contribution in [0.3, 0.4) is 0 Å². The monoisotopic (exact) mass is 218 g/mol. The van der Waals surface area contributed by atoms with Crippen LogP contribution >= 0.6 is 0 Å². The number of amides is 1. The van der Waals surface area contributed by atoms with Crippen molar-refractivity contribution >= 4 is 22.6 Å². The Labute approximate surface area is 93.4 Å². The van der Waals surface area contributed by atoms with Crippen molar-refractivity contribution in [3.05, 3.63) is 30.0 Å². The molecule has 2 rings (SSSR count). The van der Waals surface area contributed by atoms with Crippen LogP contribution in [0.15, 0.2) is 28.7 Å². The molecule has 4 nitrogen and oxygen atoms in total. The van der Waals surface area contributed by atoms with Gasteiger partial charge >= 0.3 is 0 Å². The number of hydrogen-bond donors (Lipinski definition) is 2. The minimum absolute atomic E-state index is 0.184. The van der Waals surface area contributed by atoms with E-state index in [2.05, 4.69) is 5.32 Å². The predicted octanol–water partition coefficient (Wildman–Crippen LogP) is 2.15. The van der Waals surface area contributed by atoms with Gasteiger partial charge in [-0.2, -0.15) is 0 Å². The molecule has 0 unspecified atom stereocenters. The second kappa shape index (κ2) is 4.26. The van der Waals surface area contributed by atoms with Crippen LogP contribution in [0.1, 0.15) is 23.9 Å². The Kier molecular flexibility index (Phi) is 2.81. The van der Waals surface area contributed by atoms with E-state index in [9.17, 15) is 4.79 Å². The topological polar surface area (TPSA) is 68.3 Å². The molecule has 1 heterocycles. The molecule has 0 bridgehead atoms. The molecular formula is C12H14N2O2. The Bertz CT molecular complexity index is 517. The van der Waals surface area contributed by atoms with Gasteiger partial charge in [0.05, 0.1) is 0 Å². The Hall–Kier alpha value is -1.97. The van der Waals surface area contributed by atoms with Gasteiger partial charge in [0, 0.05) is 17.6 Å². The molecule has 0 aliphatic carbocycles. The molecule has 1 aromatic heterocycles. The lowest BCUT2D eigenvalue weighted by Gasteiger charge is -1.98. The third-order valence-corrected chi connectivity index (χ3v) is 2.30. The number of furan rings is 1. The predicted molar refractivity (Wildman–Crippen MR) is 63.3 cm³/mol. The second-order valence-corrected chi connectivity index (χ2v) is 3.66. The van der Waals surface area contributed by atoms with Gasteiger partial charge in [-0.3, -0.25) is 4.79 Å². The number of carbonyl (C=O) groups is 1. The highest BCUT2D eigenvalue weighted by molar-refractivity contribution is 5.96. The fourth-order valence-corrected chi connectivity index (χ4v) is 1.50. The lowest BCUT2D eigenvalue weighted by atomic mass is 10.2. The van der Waals surface area contributed by atoms with Crippen LogP contribution in [0, 0.1) is 0 Å². The molecule has 0 aliphatic heterocycles. The fraction of sp³-hybridized carbons (Fsp3) is 0.250. The van der Waals surface area contributed by atoms with Gasteiger partial charge in [-0.05, 0) is 30.7 Å². The first-order chi connectivity index (χ1) is 7.70. The number of nitrogens with two attached hydrogens (primary N) is 1. The van der Waals surface area contributed by atoms with Gasteiger partial charge in [-0.1, -0.05) is 6.92 Å². The molecule has 3 N–H and O–H groups in total. The van der Waals surface area contributed by atoms with E-state index in [4.69, 9.17) is 10.2 Å². The highest BCUT2D eigenvalue weighted by Crippen LogP contribution is 2.21. The molecule has 0 fully saturated rings. The zero-order valence-electron chi connectivity index (χ0n) is 9.12. The Balaban J connectivity index is 2.28. The molecule has 0 spiro atoms. The lowest BCUT2D eigenvalue weighted by Crippen LogP contribution is -2.23. The van der Waals surface area contributed by atoms with E-state index >= 15 is 0 Å². The van der Waals surface area contributed by atoms with Crippen molar-refractivity contribution < 1.29 is 9.21 Å². The normalized spacial score (nSPS) is 10.6. The maximum atomic E-state index is 11.6. The van der Waals surface area contributed by atoms with Crippen molar-refractivity contribution in [1.29, 1.82) is 0 Å². The van der Waals surface area contributed by atoms with E-state index in [1.54, 1.807) is 24.3 Å². The van der Waals surface area contributed by atoms with E-state index in [0.29, 0.717) is 23.6 Å². The van der Waals surface area contributed by atoms with E-state index in [1.165, 1.54) is 0 Å². The van der Waals surface area contributed by atoms with Crippen LogP contribution in [0.5, 0.6) is 0 Å². The van der Waals surface area contributed by atoms with Gasteiger partial charge in [-0.15, -0.1) is 0 Å². The molecule has 1 aromatic carbocycles. The summed E-state index contributed by atoms with van der Waals surface area (Å²) in [5.74, 6) is 0.144. The number of benzene rings is 1. The van der Waals surface area contributed by atoms with E-state index in [1.807, 2.05) is 6.92 Å². The van der Waals surface area contributed by atoms with Crippen molar-refractivity contribution in [2.24, 2.45) is 0 Å². The summed E-state index contributed by atoms with van der Waals surface area (Å²) in [4.78, 5) is 11.6. The Morgan fingerprint density at radius 2 is 2.25 bits per heavy atom. The lowest BCUT2D eigenvalue weighted by molar-refractivity contribution is 0.0928. The number of nitrogens with one attached hydrogen (secondary N) is 1. The quantitative estimate of drug-likeness (QED) is 0.775. The van der Waals surface area contributed by atoms with Gasteiger partial charge in [0.1, 0.15) is 5.58 Å². The van der Waals surface area contributed by atoms with E-state index in [0.717, 1.165) is 11.8 Å². The molecule has 4 heteroatoms. The van der Waals surface area contributed by atoms with Gasteiger partial charge in [0.15, 0.2) is 5.76 Å². The van der Waals surface area contributed by atoms with Crippen LogP contribution in [0.4, 0.5) is 5.69 Å². The summed E-state index contributed by atoms with van der Waals surface area (Å²) in [7, 11) is 0. The SMILES string of the molecule is CCCNC(=O)c1cc2cc(N)ccc2o1. The van der Waals surface area contributed by atoms with Crippen LogP contribution in [-0.2, 0) is 0 Å². The van der Waals surface area contributed by atoms with Gasteiger partial charge < -0.3 is 15.5 Å². The minimum atomic E-state index is -0.184. The number of fused-ring (bicyclic) bond motifs is 1. The largest absolute Gasteiger partial charge is 0.451 e. The third-order valence-electron chi connectivity index (χ3n) is 2.30. The van der Waals surface area contributed by atoms with Gasteiger partial charge in [0.2, 0.25) is 0 Å². The van der Waals surface area contributed by atoms with E-state index in [-0.39, 0.29) is 5.91 Å². The van der Waals surface area contributed by atoms with E-state index < -0.39 is 0 Å². The highest BCUT2D eigenvalue weighted by atomic mass is 16.3. The zero-order valence-corrected chi connectivity index (χ0v) is 9.12. The first-order valence-electron chi connectivity index (χ1n) is 5.28. The van der Waals surface area contributed by atoms with Crippen molar-refractivity contribution in [2.45, 2.75) is 13.3 Å². The van der Waals surface area contributed by atoms with Gasteiger partial charge in [0.25, 0.3) is 5.91 Å². The summed E-state index contributed by atoms with van der Waals surface area (Å²) in [5, 5.41) is 3.61. The number of rotatable bonds is 3. The van der Waals surface area contributed by atoms with Crippen molar-refractivity contribution in [3.8, 4) is 0 Å². The summed E-state index contributed by atoms with van der Waals surface area (Å²) < 4.78 is 5.41. The maximum absolute atomic E-state index is 11.6.